The molecular weight excluding hydrogens is 188 g/mol. The number of carboxylic acid groups (broad SMARTS) is 1. The third-order valence-corrected chi connectivity index (χ3v) is 5.37. The summed E-state index contributed by atoms with van der Waals surface area (Å²) in [7, 11) is 0. The lowest BCUT2D eigenvalue weighted by molar-refractivity contribution is -0.329. The van der Waals surface area contributed by atoms with Gasteiger partial charge < -0.3 is 9.90 Å². The van der Waals surface area contributed by atoms with Gasteiger partial charge in [-0.3, -0.25) is 0 Å². The minimum absolute atomic E-state index is 0.365. The molecule has 4 aliphatic carbocycles. The molecule has 0 radical (unpaired) electrons. The van der Waals surface area contributed by atoms with Crippen molar-refractivity contribution < 1.29 is 9.90 Å². The van der Waals surface area contributed by atoms with E-state index in [1.54, 1.807) is 0 Å². The predicted molar refractivity (Wildman–Crippen MR) is 54.8 cm³/mol. The van der Waals surface area contributed by atoms with Crippen LogP contribution in [-0.4, -0.2) is 5.97 Å². The minimum Gasteiger partial charge on any atom is -0.550 e. The van der Waals surface area contributed by atoms with E-state index in [0.29, 0.717) is 17.3 Å². The van der Waals surface area contributed by atoms with E-state index in [1.807, 2.05) is 0 Å². The molecule has 15 heavy (non-hydrogen) atoms. The smallest absolute Gasteiger partial charge is 0.0476 e. The highest BCUT2D eigenvalue weighted by atomic mass is 16.4. The molecule has 0 aliphatic heterocycles. The second kappa shape index (κ2) is 2.78. The maximum Gasteiger partial charge on any atom is 0.0476 e. The zero-order valence-corrected chi connectivity index (χ0v) is 9.42. The number of hydrogen-bond acceptors (Lipinski definition) is 2. The first-order chi connectivity index (χ1) is 7.07. The number of carbonyl (C=O) groups excluding carboxylic acids is 1. The Bertz CT molecular complexity index is 294. The van der Waals surface area contributed by atoms with E-state index < -0.39 is 11.4 Å². The van der Waals surface area contributed by atoms with Crippen LogP contribution in [-0.2, 0) is 4.79 Å². The molecule has 4 aliphatic rings. The van der Waals surface area contributed by atoms with Gasteiger partial charge in [-0.15, -0.1) is 0 Å². The summed E-state index contributed by atoms with van der Waals surface area (Å²) in [4.78, 5) is 11.4. The molecule has 4 bridgehead atoms. The first kappa shape index (κ1) is 9.68. The third kappa shape index (κ3) is 1.20. The van der Waals surface area contributed by atoms with E-state index >= 15 is 0 Å². The van der Waals surface area contributed by atoms with E-state index in [4.69, 9.17) is 0 Å². The summed E-state index contributed by atoms with van der Waals surface area (Å²) < 4.78 is 0. The summed E-state index contributed by atoms with van der Waals surface area (Å²) in [5, 5.41) is 11.4. The lowest BCUT2D eigenvalue weighted by Gasteiger charge is -2.62. The summed E-state index contributed by atoms with van der Waals surface area (Å²) >= 11 is 0. The zero-order valence-electron chi connectivity index (χ0n) is 9.42. The minimum atomic E-state index is -0.755. The molecule has 0 amide bonds. The van der Waals surface area contributed by atoms with Crippen LogP contribution in [0.5, 0.6) is 0 Å². The largest absolute Gasteiger partial charge is 0.550 e. The van der Waals surface area contributed by atoms with Gasteiger partial charge in [0.05, 0.1) is 0 Å². The molecule has 2 nitrogen and oxygen atoms in total. The van der Waals surface area contributed by atoms with Gasteiger partial charge in [-0.25, -0.2) is 0 Å². The van der Waals surface area contributed by atoms with Crippen molar-refractivity contribution in [1.29, 1.82) is 0 Å². The van der Waals surface area contributed by atoms with E-state index in [9.17, 15) is 9.90 Å². The van der Waals surface area contributed by atoms with Crippen LogP contribution in [0.1, 0.15) is 51.9 Å². The van der Waals surface area contributed by atoms with Crippen molar-refractivity contribution in [2.45, 2.75) is 51.9 Å². The fraction of sp³-hybridized carbons (Fsp3) is 0.923. The van der Waals surface area contributed by atoms with Crippen molar-refractivity contribution in [3.8, 4) is 0 Å². The van der Waals surface area contributed by atoms with Crippen LogP contribution in [0.25, 0.3) is 0 Å². The van der Waals surface area contributed by atoms with Crippen LogP contribution in [0.2, 0.25) is 0 Å². The maximum absolute atomic E-state index is 11.4. The van der Waals surface area contributed by atoms with Crippen LogP contribution in [0.3, 0.4) is 0 Å². The number of carboxylic acids is 1. The normalized spacial score (nSPS) is 52.1. The molecule has 0 aromatic heterocycles. The standard InChI is InChI=1S/C13H20O2/c1-2-12-4-9-3-10(5-12)7-13(6-9,8-12)11(14)15/h9-10H,2-8H2,1H3,(H,14,15)/p-1. The Morgan fingerprint density at radius 1 is 1.27 bits per heavy atom. The number of rotatable bonds is 2. The highest BCUT2D eigenvalue weighted by Gasteiger charge is 2.57. The van der Waals surface area contributed by atoms with Gasteiger partial charge in [0.15, 0.2) is 0 Å². The van der Waals surface area contributed by atoms with Crippen molar-refractivity contribution in [2.24, 2.45) is 22.7 Å². The molecule has 0 saturated heterocycles. The Kier molecular flexibility index (Phi) is 1.79. The van der Waals surface area contributed by atoms with Gasteiger partial charge in [-0.2, -0.15) is 0 Å². The van der Waals surface area contributed by atoms with Crippen LogP contribution < -0.4 is 5.11 Å². The summed E-state index contributed by atoms with van der Waals surface area (Å²) in [6.45, 7) is 2.23. The molecule has 84 valence electrons. The van der Waals surface area contributed by atoms with Crippen molar-refractivity contribution in [3.05, 3.63) is 0 Å². The van der Waals surface area contributed by atoms with Gasteiger partial charge in [0, 0.05) is 11.4 Å². The second-order valence-corrected chi connectivity index (χ2v) is 6.38. The van der Waals surface area contributed by atoms with Gasteiger partial charge in [-0.1, -0.05) is 13.3 Å². The summed E-state index contributed by atoms with van der Waals surface area (Å²) in [5.74, 6) is 0.614. The van der Waals surface area contributed by atoms with Gasteiger partial charge in [0.2, 0.25) is 0 Å². The predicted octanol–water partition coefficient (Wildman–Crippen LogP) is 1.73. The van der Waals surface area contributed by atoms with Crippen LogP contribution in [0.4, 0.5) is 0 Å². The fourth-order valence-electron chi connectivity index (χ4n) is 5.10. The van der Waals surface area contributed by atoms with Crippen molar-refractivity contribution in [2.75, 3.05) is 0 Å². The van der Waals surface area contributed by atoms with Gasteiger partial charge in [0.1, 0.15) is 0 Å². The molecule has 4 fully saturated rings. The Hall–Kier alpha value is -0.530. The topological polar surface area (TPSA) is 40.1 Å². The Morgan fingerprint density at radius 3 is 2.33 bits per heavy atom. The summed E-state index contributed by atoms with van der Waals surface area (Å²) in [6.07, 6.45) is 7.75. The Labute approximate surface area is 91.1 Å². The molecule has 0 aromatic rings. The van der Waals surface area contributed by atoms with Gasteiger partial charge >= 0.3 is 0 Å². The lowest BCUT2D eigenvalue weighted by atomic mass is 9.43. The highest BCUT2D eigenvalue weighted by Crippen LogP contribution is 2.66. The molecule has 4 saturated carbocycles. The highest BCUT2D eigenvalue weighted by molar-refractivity contribution is 5.73. The first-order valence-electron chi connectivity index (χ1n) is 6.29. The zero-order chi connectivity index (χ0) is 10.7. The quantitative estimate of drug-likeness (QED) is 0.692. The summed E-state index contributed by atoms with van der Waals surface area (Å²) in [6, 6.07) is 0. The number of hydrogen-bond donors (Lipinski definition) is 0. The average molecular weight is 207 g/mol. The Morgan fingerprint density at radius 2 is 1.87 bits per heavy atom. The average Bonchev–Trinajstić information content (AvgIpc) is 2.15. The maximum atomic E-state index is 11.4. The lowest BCUT2D eigenvalue weighted by Crippen LogP contribution is -2.58. The number of carbonyl (C=O) groups is 1. The van der Waals surface area contributed by atoms with E-state index in [2.05, 4.69) is 6.92 Å². The molecule has 2 atom stereocenters. The third-order valence-electron chi connectivity index (χ3n) is 5.37. The molecular formula is C13H19O2-. The van der Waals surface area contributed by atoms with E-state index in [0.717, 1.165) is 25.7 Å². The fourth-order valence-corrected chi connectivity index (χ4v) is 5.10. The SMILES string of the molecule is CCC12CC3CC(C1)CC(C(=O)[O-])(C3)C2. The molecule has 2 heteroatoms. The molecule has 0 spiro atoms. The first-order valence-corrected chi connectivity index (χ1v) is 6.29. The molecule has 2 unspecified atom stereocenters. The molecule has 4 rings (SSSR count). The van der Waals surface area contributed by atoms with Gasteiger partial charge in [0.25, 0.3) is 0 Å². The van der Waals surface area contributed by atoms with Crippen LogP contribution >= 0.6 is 0 Å². The number of aliphatic carboxylic acids is 1. The van der Waals surface area contributed by atoms with Crippen molar-refractivity contribution in [3.63, 3.8) is 0 Å². The molecule has 0 aromatic carbocycles. The van der Waals surface area contributed by atoms with Crippen molar-refractivity contribution >= 4 is 5.97 Å². The van der Waals surface area contributed by atoms with Gasteiger partial charge in [-0.05, 0) is 55.8 Å². The van der Waals surface area contributed by atoms with E-state index in [-0.39, 0.29) is 0 Å². The molecule has 0 N–H and O–H groups in total. The van der Waals surface area contributed by atoms with Crippen molar-refractivity contribution in [1.82, 2.24) is 0 Å². The van der Waals surface area contributed by atoms with Crippen LogP contribution in [0, 0.1) is 22.7 Å². The van der Waals surface area contributed by atoms with Crippen LogP contribution in [0.15, 0.2) is 0 Å². The Balaban J connectivity index is 1.99. The molecule has 0 heterocycles. The monoisotopic (exact) mass is 207 g/mol. The second-order valence-electron chi connectivity index (χ2n) is 6.38. The summed E-state index contributed by atoms with van der Waals surface area (Å²) in [5.41, 5.74) is -0.0652. The van der Waals surface area contributed by atoms with E-state index in [1.165, 1.54) is 19.3 Å².